The van der Waals surface area contributed by atoms with Gasteiger partial charge in [0.25, 0.3) is 0 Å². The van der Waals surface area contributed by atoms with Gasteiger partial charge in [0.2, 0.25) is 0 Å². The first kappa shape index (κ1) is 15.5. The van der Waals surface area contributed by atoms with Crippen LogP contribution in [0.4, 0.5) is 4.39 Å². The number of aromatic nitrogens is 1. The maximum Gasteiger partial charge on any atom is 0.174 e. The summed E-state index contributed by atoms with van der Waals surface area (Å²) in [6, 6.07) is 7.87. The lowest BCUT2D eigenvalue weighted by Crippen LogP contribution is -2.08. The summed E-state index contributed by atoms with van der Waals surface area (Å²) in [6.45, 7) is 3.82. The van der Waals surface area contributed by atoms with Crippen molar-refractivity contribution in [1.29, 1.82) is 0 Å². The number of halogens is 1. The van der Waals surface area contributed by atoms with Gasteiger partial charge in [0, 0.05) is 16.7 Å². The highest BCUT2D eigenvalue weighted by Crippen LogP contribution is 2.21. The highest BCUT2D eigenvalue weighted by Gasteiger charge is 2.09. The van der Waals surface area contributed by atoms with Gasteiger partial charge < -0.3 is 4.74 Å². The van der Waals surface area contributed by atoms with E-state index >= 15 is 0 Å². The molecule has 0 spiro atoms. The number of carbonyl (C=O) groups excluding carboxylic acids is 1. The van der Waals surface area contributed by atoms with Crippen LogP contribution in [0.2, 0.25) is 0 Å². The molecule has 2 rings (SSSR count). The Morgan fingerprint density at radius 1 is 1.33 bits per heavy atom. The third-order valence-electron chi connectivity index (χ3n) is 2.57. The molecule has 0 radical (unpaired) electrons. The van der Waals surface area contributed by atoms with Gasteiger partial charge in [0.05, 0.1) is 18.1 Å². The summed E-state index contributed by atoms with van der Waals surface area (Å²) in [5, 5.41) is 0. The Kier molecular flexibility index (Phi) is 5.33. The van der Waals surface area contributed by atoms with Crippen molar-refractivity contribution in [3.8, 4) is 5.75 Å². The van der Waals surface area contributed by atoms with Crippen molar-refractivity contribution in [1.82, 2.24) is 4.98 Å². The standard InChI is InChI=1S/C16H16FNO2S/c1-11(2)20-14-6-12(8-18-9-14)16(19)10-21-15-5-3-4-13(17)7-15/h3-9,11H,10H2,1-2H3. The predicted octanol–water partition coefficient (Wildman–Crippen LogP) is 3.98. The van der Waals surface area contributed by atoms with Crippen LogP contribution >= 0.6 is 11.8 Å². The molecular formula is C16H16FNO2S. The van der Waals surface area contributed by atoms with E-state index in [0.717, 1.165) is 4.90 Å². The summed E-state index contributed by atoms with van der Waals surface area (Å²) in [7, 11) is 0. The number of nitrogens with zero attached hydrogens (tertiary/aromatic N) is 1. The lowest BCUT2D eigenvalue weighted by Gasteiger charge is -2.09. The fourth-order valence-corrected chi connectivity index (χ4v) is 2.53. The third-order valence-corrected chi connectivity index (χ3v) is 3.57. The van der Waals surface area contributed by atoms with Crippen LogP contribution in [0.25, 0.3) is 0 Å². The van der Waals surface area contributed by atoms with Gasteiger partial charge in [-0.3, -0.25) is 9.78 Å². The fraction of sp³-hybridized carbons (Fsp3) is 0.250. The normalized spacial score (nSPS) is 10.7. The molecule has 0 amide bonds. The van der Waals surface area contributed by atoms with Crippen LogP contribution in [0, 0.1) is 5.82 Å². The molecule has 3 nitrogen and oxygen atoms in total. The summed E-state index contributed by atoms with van der Waals surface area (Å²) in [6.07, 6.45) is 3.12. The molecule has 0 aliphatic rings. The molecule has 1 aromatic heterocycles. The van der Waals surface area contributed by atoms with E-state index in [0.29, 0.717) is 11.3 Å². The third kappa shape index (κ3) is 4.86. The summed E-state index contributed by atoms with van der Waals surface area (Å²) < 4.78 is 18.6. The number of rotatable bonds is 6. The van der Waals surface area contributed by atoms with Gasteiger partial charge >= 0.3 is 0 Å². The molecule has 1 heterocycles. The van der Waals surface area contributed by atoms with E-state index in [9.17, 15) is 9.18 Å². The van der Waals surface area contributed by atoms with E-state index in [1.54, 1.807) is 24.4 Å². The molecule has 0 saturated heterocycles. The quantitative estimate of drug-likeness (QED) is 0.598. The molecule has 0 aliphatic heterocycles. The van der Waals surface area contributed by atoms with Crippen LogP contribution in [0.5, 0.6) is 5.75 Å². The monoisotopic (exact) mass is 305 g/mol. The van der Waals surface area contributed by atoms with Crippen LogP contribution in [-0.2, 0) is 0 Å². The van der Waals surface area contributed by atoms with E-state index in [1.165, 1.54) is 30.1 Å². The number of benzene rings is 1. The minimum Gasteiger partial charge on any atom is -0.489 e. The highest BCUT2D eigenvalue weighted by atomic mass is 32.2. The molecule has 0 unspecified atom stereocenters. The molecule has 5 heteroatoms. The van der Waals surface area contributed by atoms with Crippen molar-refractivity contribution in [2.75, 3.05) is 5.75 Å². The summed E-state index contributed by atoms with van der Waals surface area (Å²) in [5.41, 5.74) is 0.497. The maximum absolute atomic E-state index is 13.1. The lowest BCUT2D eigenvalue weighted by molar-refractivity contribution is 0.102. The van der Waals surface area contributed by atoms with Gasteiger partial charge in [-0.25, -0.2) is 4.39 Å². The first-order chi connectivity index (χ1) is 10.0. The number of carbonyl (C=O) groups is 1. The second-order valence-electron chi connectivity index (χ2n) is 4.75. The van der Waals surface area contributed by atoms with Crippen molar-refractivity contribution in [2.45, 2.75) is 24.8 Å². The largest absolute Gasteiger partial charge is 0.489 e. The molecule has 0 N–H and O–H groups in total. The van der Waals surface area contributed by atoms with E-state index in [2.05, 4.69) is 4.98 Å². The van der Waals surface area contributed by atoms with Crippen LogP contribution < -0.4 is 4.74 Å². The molecule has 0 aliphatic carbocycles. The summed E-state index contributed by atoms with van der Waals surface area (Å²) >= 11 is 1.30. The minimum atomic E-state index is -0.304. The number of ketones is 1. The Bertz CT molecular complexity index is 631. The zero-order chi connectivity index (χ0) is 15.2. The van der Waals surface area contributed by atoms with Crippen LogP contribution in [0.1, 0.15) is 24.2 Å². The smallest absolute Gasteiger partial charge is 0.174 e. The van der Waals surface area contributed by atoms with E-state index < -0.39 is 0 Å². The van der Waals surface area contributed by atoms with Crippen LogP contribution in [0.15, 0.2) is 47.6 Å². The molecule has 110 valence electrons. The first-order valence-electron chi connectivity index (χ1n) is 6.58. The average molecular weight is 305 g/mol. The molecule has 0 bridgehead atoms. The molecule has 0 atom stereocenters. The fourth-order valence-electron chi connectivity index (χ4n) is 1.70. The van der Waals surface area contributed by atoms with Gasteiger partial charge in [-0.05, 0) is 38.1 Å². The number of pyridine rings is 1. The number of Topliss-reactive ketones (excluding diaryl/α,β-unsaturated/α-hetero) is 1. The predicted molar refractivity (Wildman–Crippen MR) is 81.5 cm³/mol. The average Bonchev–Trinajstić information content (AvgIpc) is 2.44. The zero-order valence-electron chi connectivity index (χ0n) is 11.9. The van der Waals surface area contributed by atoms with Crippen molar-refractivity contribution in [2.24, 2.45) is 0 Å². The molecule has 2 aromatic rings. The Hall–Kier alpha value is -1.88. The maximum atomic E-state index is 13.1. The van der Waals surface area contributed by atoms with E-state index in [4.69, 9.17) is 4.74 Å². The van der Waals surface area contributed by atoms with Crippen molar-refractivity contribution < 1.29 is 13.9 Å². The number of hydrogen-bond donors (Lipinski definition) is 0. The summed E-state index contributed by atoms with van der Waals surface area (Å²) in [4.78, 5) is 16.9. The van der Waals surface area contributed by atoms with Gasteiger partial charge in [0.1, 0.15) is 11.6 Å². The lowest BCUT2D eigenvalue weighted by atomic mass is 10.2. The number of ether oxygens (including phenoxy) is 1. The summed E-state index contributed by atoms with van der Waals surface area (Å²) in [5.74, 6) is 0.440. The van der Waals surface area contributed by atoms with Gasteiger partial charge in [-0.1, -0.05) is 6.07 Å². The minimum absolute atomic E-state index is 0.0267. The molecule has 0 fully saturated rings. The Labute approximate surface area is 127 Å². The highest BCUT2D eigenvalue weighted by molar-refractivity contribution is 8.00. The first-order valence-corrected chi connectivity index (χ1v) is 7.56. The molecule has 0 saturated carbocycles. The second-order valence-corrected chi connectivity index (χ2v) is 5.79. The second kappa shape index (κ2) is 7.22. The van der Waals surface area contributed by atoms with Gasteiger partial charge in [-0.15, -0.1) is 11.8 Å². The van der Waals surface area contributed by atoms with E-state index in [1.807, 2.05) is 13.8 Å². The van der Waals surface area contributed by atoms with E-state index in [-0.39, 0.29) is 23.5 Å². The Morgan fingerprint density at radius 3 is 2.86 bits per heavy atom. The van der Waals surface area contributed by atoms with Crippen molar-refractivity contribution >= 4 is 17.5 Å². The topological polar surface area (TPSA) is 39.2 Å². The Morgan fingerprint density at radius 2 is 2.14 bits per heavy atom. The molecule has 21 heavy (non-hydrogen) atoms. The van der Waals surface area contributed by atoms with Gasteiger partial charge in [-0.2, -0.15) is 0 Å². The van der Waals surface area contributed by atoms with Crippen LogP contribution in [0.3, 0.4) is 0 Å². The Balaban J connectivity index is 2.00. The molecular weight excluding hydrogens is 289 g/mol. The van der Waals surface area contributed by atoms with Crippen molar-refractivity contribution in [3.63, 3.8) is 0 Å². The van der Waals surface area contributed by atoms with Crippen molar-refractivity contribution in [3.05, 3.63) is 54.1 Å². The SMILES string of the molecule is CC(C)Oc1cncc(C(=O)CSc2cccc(F)c2)c1. The van der Waals surface area contributed by atoms with Gasteiger partial charge in [0.15, 0.2) is 5.78 Å². The molecule has 1 aromatic carbocycles. The number of thioether (sulfide) groups is 1. The zero-order valence-corrected chi connectivity index (χ0v) is 12.7. The van der Waals surface area contributed by atoms with Crippen LogP contribution in [-0.4, -0.2) is 22.6 Å². The number of hydrogen-bond acceptors (Lipinski definition) is 4.